The van der Waals surface area contributed by atoms with E-state index in [1.165, 1.54) is 7.11 Å². The molecule has 12 nitrogen and oxygen atoms in total. The van der Waals surface area contributed by atoms with E-state index in [4.69, 9.17) is 23.7 Å². The van der Waals surface area contributed by atoms with E-state index in [1.807, 2.05) is 0 Å². The fraction of sp³-hybridized carbons (Fsp3) is 1.00. The maximum absolute atomic E-state index is 10.3. The zero-order chi connectivity index (χ0) is 19.6. The summed E-state index contributed by atoms with van der Waals surface area (Å²) in [7, 11) is 2.39. The van der Waals surface area contributed by atoms with E-state index in [9.17, 15) is 35.7 Å². The molecule has 0 aliphatic carbocycles. The molecule has 0 aromatic carbocycles. The highest BCUT2D eigenvalue weighted by molar-refractivity contribution is 4.97. The summed E-state index contributed by atoms with van der Waals surface area (Å²) in [5.41, 5.74) is 0. The predicted octanol–water partition coefficient (Wildman–Crippen LogP) is -4.77. The Bertz CT molecular complexity index is 450. The summed E-state index contributed by atoms with van der Waals surface area (Å²) >= 11 is 0. The Morgan fingerprint density at radius 2 is 1.65 bits per heavy atom. The van der Waals surface area contributed by atoms with Gasteiger partial charge in [0.2, 0.25) is 0 Å². The fourth-order valence-corrected chi connectivity index (χ4v) is 2.93. The van der Waals surface area contributed by atoms with E-state index in [0.717, 1.165) is 7.11 Å². The number of methoxy groups -OCH3 is 2. The summed E-state index contributed by atoms with van der Waals surface area (Å²) in [5.74, 6) is -2.35. The Labute approximate surface area is 149 Å². The smallest absolute Gasteiger partial charge is 0.315 e. The van der Waals surface area contributed by atoms with Crippen LogP contribution in [0.15, 0.2) is 0 Å². The van der Waals surface area contributed by atoms with Gasteiger partial charge in [0.1, 0.15) is 42.7 Å². The fourth-order valence-electron chi connectivity index (χ4n) is 2.93. The highest BCUT2D eigenvalue weighted by Gasteiger charge is 2.61. The molecule has 2 heterocycles. The average Bonchev–Trinajstić information content (AvgIpc) is 2.88. The van der Waals surface area contributed by atoms with Gasteiger partial charge in [-0.1, -0.05) is 0 Å². The van der Waals surface area contributed by atoms with E-state index in [0.29, 0.717) is 0 Å². The molecule has 0 radical (unpaired) electrons. The molecule has 0 spiro atoms. The molecule has 26 heavy (non-hydrogen) atoms. The van der Waals surface area contributed by atoms with Crippen molar-refractivity contribution in [2.45, 2.75) is 61.1 Å². The van der Waals surface area contributed by atoms with Gasteiger partial charge in [0.05, 0.1) is 13.2 Å². The van der Waals surface area contributed by atoms with Gasteiger partial charge in [0.15, 0.2) is 12.4 Å². The molecule has 2 aliphatic heterocycles. The van der Waals surface area contributed by atoms with Crippen molar-refractivity contribution < 1.29 is 59.4 Å². The first kappa shape index (κ1) is 21.8. The van der Waals surface area contributed by atoms with E-state index < -0.39 is 67.7 Å². The van der Waals surface area contributed by atoms with Gasteiger partial charge < -0.3 is 54.7 Å². The van der Waals surface area contributed by atoms with Gasteiger partial charge in [0, 0.05) is 14.2 Å². The molecule has 10 atom stereocenters. The quantitative estimate of drug-likeness (QED) is 0.207. The van der Waals surface area contributed by atoms with E-state index in [-0.39, 0.29) is 6.61 Å². The molecule has 0 bridgehead atoms. The summed E-state index contributed by atoms with van der Waals surface area (Å²) in [6, 6.07) is 0. The molecule has 0 aromatic rings. The highest BCUT2D eigenvalue weighted by Crippen LogP contribution is 2.37. The summed E-state index contributed by atoms with van der Waals surface area (Å²) in [6.07, 6.45) is -14.2. The van der Waals surface area contributed by atoms with Crippen molar-refractivity contribution >= 4 is 0 Å². The second-order valence-corrected chi connectivity index (χ2v) is 6.16. The number of ether oxygens (including phenoxy) is 5. The van der Waals surface area contributed by atoms with Gasteiger partial charge in [-0.25, -0.2) is 0 Å². The van der Waals surface area contributed by atoms with Crippen molar-refractivity contribution in [2.24, 2.45) is 0 Å². The minimum absolute atomic E-state index is 0.214. The van der Waals surface area contributed by atoms with Crippen LogP contribution in [0.1, 0.15) is 0 Å². The first-order chi connectivity index (χ1) is 12.2. The van der Waals surface area contributed by atoms with E-state index >= 15 is 0 Å². The van der Waals surface area contributed by atoms with Crippen molar-refractivity contribution in [1.29, 1.82) is 0 Å². The van der Waals surface area contributed by atoms with Crippen LogP contribution in [0.3, 0.4) is 0 Å². The maximum atomic E-state index is 10.3. The number of rotatable bonds is 7. The van der Waals surface area contributed by atoms with Crippen LogP contribution in [0.25, 0.3) is 0 Å². The number of hydrogen-bond acceptors (Lipinski definition) is 12. The van der Waals surface area contributed by atoms with Gasteiger partial charge in [-0.05, 0) is 0 Å². The number of aliphatic hydroxyl groups is 7. The van der Waals surface area contributed by atoms with Gasteiger partial charge in [-0.3, -0.25) is 4.74 Å². The molecule has 0 saturated carbocycles. The van der Waals surface area contributed by atoms with E-state index in [2.05, 4.69) is 0 Å². The van der Waals surface area contributed by atoms with E-state index in [1.54, 1.807) is 0 Å². The molecule has 2 saturated heterocycles. The zero-order valence-corrected chi connectivity index (χ0v) is 14.3. The van der Waals surface area contributed by atoms with Crippen LogP contribution < -0.4 is 0 Å². The third-order valence-electron chi connectivity index (χ3n) is 4.45. The minimum atomic E-state index is -2.35. The lowest BCUT2D eigenvalue weighted by molar-refractivity contribution is -0.450. The first-order valence-electron chi connectivity index (χ1n) is 7.96. The largest absolute Gasteiger partial charge is 0.394 e. The second kappa shape index (κ2) is 8.68. The van der Waals surface area contributed by atoms with Gasteiger partial charge in [-0.15, -0.1) is 0 Å². The maximum Gasteiger partial charge on any atom is 0.315 e. The first-order valence-corrected chi connectivity index (χ1v) is 7.96. The Hall–Kier alpha value is -0.480. The normalized spacial score (nSPS) is 47.9. The minimum Gasteiger partial charge on any atom is -0.394 e. The summed E-state index contributed by atoms with van der Waals surface area (Å²) < 4.78 is 25.6. The van der Waals surface area contributed by atoms with Crippen molar-refractivity contribution in [3.05, 3.63) is 0 Å². The number of hydrogen-bond donors (Lipinski definition) is 7. The average molecular weight is 386 g/mol. The van der Waals surface area contributed by atoms with Crippen molar-refractivity contribution in [2.75, 3.05) is 27.4 Å². The molecule has 2 aliphatic rings. The van der Waals surface area contributed by atoms with Crippen LogP contribution in [0, 0.1) is 0 Å². The molecular weight excluding hydrogens is 360 g/mol. The number of aliphatic hydroxyl groups excluding tert-OH is 7. The molecule has 0 amide bonds. The zero-order valence-electron chi connectivity index (χ0n) is 14.3. The van der Waals surface area contributed by atoms with Crippen LogP contribution in [0.2, 0.25) is 0 Å². The Kier molecular flexibility index (Phi) is 7.29. The molecule has 7 N–H and O–H groups in total. The third kappa shape index (κ3) is 3.87. The molecule has 2 fully saturated rings. The van der Waals surface area contributed by atoms with Crippen molar-refractivity contribution in [1.82, 2.24) is 0 Å². The molecular formula is C14H26O12. The van der Waals surface area contributed by atoms with Crippen molar-refractivity contribution in [3.63, 3.8) is 0 Å². The predicted molar refractivity (Wildman–Crippen MR) is 79.4 cm³/mol. The SMILES string of the molecule is COC[C@H](O)[C@@H]1O[C@](OC)(O[C@H]2O[C@H](CO)[C@H](O)[C@H](O)[C@@H]2O)[C@@H](O)[C@H]1O. The lowest BCUT2D eigenvalue weighted by Gasteiger charge is -2.43. The van der Waals surface area contributed by atoms with Crippen molar-refractivity contribution in [3.8, 4) is 0 Å². The van der Waals surface area contributed by atoms with Gasteiger partial charge in [0.25, 0.3) is 0 Å². The Morgan fingerprint density at radius 1 is 1.00 bits per heavy atom. The molecule has 154 valence electrons. The lowest BCUT2D eigenvalue weighted by atomic mass is 9.99. The summed E-state index contributed by atoms with van der Waals surface area (Å²) in [5, 5.41) is 69.2. The second-order valence-electron chi connectivity index (χ2n) is 6.16. The standard InChI is InChI=1S/C14H26O12/c1-22-4-5(16)11-10(20)12(21)14(23-2,25-11)26-13-9(19)8(18)7(17)6(3-15)24-13/h5-13,15-21H,3-4H2,1-2H3/t5-,6+,7-,8-,9-,10-,11-,12-,13+,14-/m0/s1. The summed E-state index contributed by atoms with van der Waals surface area (Å²) in [6.45, 7) is -0.902. The highest BCUT2D eigenvalue weighted by atomic mass is 16.9. The van der Waals surface area contributed by atoms with Gasteiger partial charge >= 0.3 is 5.97 Å². The van der Waals surface area contributed by atoms with Crippen LogP contribution in [-0.2, 0) is 23.7 Å². The van der Waals surface area contributed by atoms with Crippen LogP contribution in [0.5, 0.6) is 0 Å². The monoisotopic (exact) mass is 386 g/mol. The van der Waals surface area contributed by atoms with Gasteiger partial charge in [-0.2, -0.15) is 0 Å². The Morgan fingerprint density at radius 3 is 2.19 bits per heavy atom. The Balaban J connectivity index is 2.19. The third-order valence-corrected chi connectivity index (χ3v) is 4.45. The lowest BCUT2D eigenvalue weighted by Crippen LogP contribution is -2.62. The van der Waals surface area contributed by atoms with Crippen LogP contribution in [-0.4, -0.2) is 124 Å². The topological polar surface area (TPSA) is 188 Å². The van der Waals surface area contributed by atoms with Crippen LogP contribution in [0.4, 0.5) is 0 Å². The molecule has 12 heteroatoms. The molecule has 0 unspecified atom stereocenters. The molecule has 2 rings (SSSR count). The van der Waals surface area contributed by atoms with Crippen LogP contribution >= 0.6 is 0 Å². The molecule has 0 aromatic heterocycles. The summed E-state index contributed by atoms with van der Waals surface area (Å²) in [4.78, 5) is 0.